The van der Waals surface area contributed by atoms with Crippen molar-refractivity contribution in [3.63, 3.8) is 0 Å². The standard InChI is InChI=1S/C9H8O2S/c1-7(9(10)12)11-8-5-3-2-4-6-8/h2-6H,1H2,(H,10,12). The Hall–Kier alpha value is -1.22. The highest BCUT2D eigenvalue weighted by Crippen LogP contribution is 2.12. The fourth-order valence-electron chi connectivity index (χ4n) is 0.674. The molecule has 0 aromatic heterocycles. The van der Waals surface area contributed by atoms with Crippen molar-refractivity contribution in [1.82, 2.24) is 0 Å². The van der Waals surface area contributed by atoms with Gasteiger partial charge in [-0.15, -0.1) is 0 Å². The number of ether oxygens (including phenoxy) is 1. The first-order valence-electron chi connectivity index (χ1n) is 3.35. The van der Waals surface area contributed by atoms with E-state index in [1.807, 2.05) is 18.2 Å². The quantitative estimate of drug-likeness (QED) is 0.437. The van der Waals surface area contributed by atoms with Crippen molar-refractivity contribution in [2.75, 3.05) is 0 Å². The van der Waals surface area contributed by atoms with Gasteiger partial charge >= 0.3 is 0 Å². The van der Waals surface area contributed by atoms with Crippen LogP contribution in [0.2, 0.25) is 0 Å². The molecule has 62 valence electrons. The number of thiol groups is 1. The van der Waals surface area contributed by atoms with Gasteiger partial charge in [0.1, 0.15) is 5.75 Å². The molecular formula is C9H8O2S. The monoisotopic (exact) mass is 180 g/mol. The molecule has 0 aliphatic heterocycles. The summed E-state index contributed by atoms with van der Waals surface area (Å²) in [4.78, 5) is 10.6. The molecule has 12 heavy (non-hydrogen) atoms. The third-order valence-electron chi connectivity index (χ3n) is 1.22. The molecule has 0 saturated heterocycles. The Morgan fingerprint density at radius 3 is 2.42 bits per heavy atom. The van der Waals surface area contributed by atoms with Crippen LogP contribution in [-0.4, -0.2) is 5.12 Å². The van der Waals surface area contributed by atoms with Crippen LogP contribution in [-0.2, 0) is 4.79 Å². The van der Waals surface area contributed by atoms with E-state index in [-0.39, 0.29) is 5.76 Å². The van der Waals surface area contributed by atoms with Crippen LogP contribution >= 0.6 is 12.6 Å². The molecule has 0 fully saturated rings. The second kappa shape index (κ2) is 3.97. The summed E-state index contributed by atoms with van der Waals surface area (Å²) in [6, 6.07) is 8.96. The highest BCUT2D eigenvalue weighted by molar-refractivity contribution is 7.97. The molecule has 0 atom stereocenters. The van der Waals surface area contributed by atoms with Crippen LogP contribution in [0.15, 0.2) is 42.7 Å². The first-order valence-corrected chi connectivity index (χ1v) is 3.80. The molecule has 2 nitrogen and oxygen atoms in total. The lowest BCUT2D eigenvalue weighted by atomic mass is 10.3. The Kier molecular flexibility index (Phi) is 2.94. The molecule has 0 unspecified atom stereocenters. The highest BCUT2D eigenvalue weighted by Gasteiger charge is 2.02. The molecule has 3 heteroatoms. The molecule has 0 amide bonds. The SMILES string of the molecule is C=C(Oc1ccccc1)C(=O)S. The predicted octanol–water partition coefficient (Wildman–Crippen LogP) is 2.04. The summed E-state index contributed by atoms with van der Waals surface area (Å²) >= 11 is 3.56. The molecule has 1 aromatic rings. The average molecular weight is 180 g/mol. The lowest BCUT2D eigenvalue weighted by Gasteiger charge is -2.03. The van der Waals surface area contributed by atoms with Gasteiger partial charge in [-0.25, -0.2) is 0 Å². The van der Waals surface area contributed by atoms with Crippen molar-refractivity contribution < 1.29 is 9.53 Å². The van der Waals surface area contributed by atoms with Crippen molar-refractivity contribution >= 4 is 17.7 Å². The van der Waals surface area contributed by atoms with E-state index in [9.17, 15) is 4.79 Å². The van der Waals surface area contributed by atoms with Crippen molar-refractivity contribution in [3.05, 3.63) is 42.7 Å². The van der Waals surface area contributed by atoms with Gasteiger partial charge in [0, 0.05) is 0 Å². The molecule has 1 rings (SSSR count). The lowest BCUT2D eigenvalue weighted by Crippen LogP contribution is -2.00. The van der Waals surface area contributed by atoms with E-state index >= 15 is 0 Å². The van der Waals surface area contributed by atoms with E-state index < -0.39 is 5.12 Å². The summed E-state index contributed by atoms with van der Waals surface area (Å²) in [7, 11) is 0. The molecule has 0 bridgehead atoms. The van der Waals surface area contributed by atoms with Gasteiger partial charge in [0.25, 0.3) is 5.12 Å². The zero-order valence-electron chi connectivity index (χ0n) is 6.36. The summed E-state index contributed by atoms with van der Waals surface area (Å²) in [6.07, 6.45) is 0. The smallest absolute Gasteiger partial charge is 0.250 e. The molecule has 0 aliphatic rings. The summed E-state index contributed by atoms with van der Waals surface area (Å²) in [5, 5.41) is -0.459. The second-order valence-electron chi connectivity index (χ2n) is 2.14. The van der Waals surface area contributed by atoms with Gasteiger partial charge in [0.2, 0.25) is 0 Å². The Balaban J connectivity index is 2.65. The number of rotatable bonds is 3. The van der Waals surface area contributed by atoms with Gasteiger partial charge in [-0.2, -0.15) is 0 Å². The maximum atomic E-state index is 10.6. The van der Waals surface area contributed by atoms with Gasteiger partial charge in [-0.3, -0.25) is 4.79 Å². The maximum Gasteiger partial charge on any atom is 0.250 e. The van der Waals surface area contributed by atoms with Crippen LogP contribution in [0.4, 0.5) is 0 Å². The molecule has 0 N–H and O–H groups in total. The van der Waals surface area contributed by atoms with Crippen molar-refractivity contribution in [2.45, 2.75) is 0 Å². The lowest BCUT2D eigenvalue weighted by molar-refractivity contribution is -0.109. The summed E-state index contributed by atoms with van der Waals surface area (Å²) in [5.74, 6) is 0.620. The number of hydrogen-bond acceptors (Lipinski definition) is 2. The normalized spacial score (nSPS) is 9.08. The first kappa shape index (κ1) is 8.87. The van der Waals surface area contributed by atoms with E-state index in [0.29, 0.717) is 5.75 Å². The summed E-state index contributed by atoms with van der Waals surface area (Å²) in [5.41, 5.74) is 0. The molecule has 0 spiro atoms. The largest absolute Gasteiger partial charge is 0.453 e. The fourth-order valence-corrected chi connectivity index (χ4v) is 0.720. The van der Waals surface area contributed by atoms with Crippen molar-refractivity contribution in [3.8, 4) is 5.75 Å². The molecule has 0 saturated carbocycles. The minimum atomic E-state index is -0.459. The van der Waals surface area contributed by atoms with Crippen LogP contribution in [0.25, 0.3) is 0 Å². The topological polar surface area (TPSA) is 26.3 Å². The van der Waals surface area contributed by atoms with Crippen LogP contribution < -0.4 is 4.74 Å². The third kappa shape index (κ3) is 2.43. The Morgan fingerprint density at radius 1 is 1.33 bits per heavy atom. The third-order valence-corrected chi connectivity index (χ3v) is 1.47. The molecular weight excluding hydrogens is 172 g/mol. The number of para-hydroxylation sites is 1. The maximum absolute atomic E-state index is 10.6. The first-order chi connectivity index (χ1) is 5.70. The Bertz CT molecular complexity index is 293. The van der Waals surface area contributed by atoms with Crippen molar-refractivity contribution in [2.24, 2.45) is 0 Å². The van der Waals surface area contributed by atoms with Crippen LogP contribution in [0.1, 0.15) is 0 Å². The van der Waals surface area contributed by atoms with Gasteiger partial charge < -0.3 is 4.74 Å². The Morgan fingerprint density at radius 2 is 1.92 bits per heavy atom. The summed E-state index contributed by atoms with van der Waals surface area (Å²) in [6.45, 7) is 3.40. The molecule has 0 aliphatic carbocycles. The highest BCUT2D eigenvalue weighted by atomic mass is 32.1. The van der Waals surface area contributed by atoms with Gasteiger partial charge in [0.15, 0.2) is 5.76 Å². The minimum Gasteiger partial charge on any atom is -0.453 e. The Labute approximate surface area is 76.3 Å². The van der Waals surface area contributed by atoms with Crippen molar-refractivity contribution in [1.29, 1.82) is 0 Å². The van der Waals surface area contributed by atoms with Crippen LogP contribution in [0.5, 0.6) is 5.75 Å². The number of carbonyl (C=O) groups is 1. The van der Waals surface area contributed by atoms with E-state index in [1.165, 1.54) is 0 Å². The van der Waals surface area contributed by atoms with Gasteiger partial charge in [-0.1, -0.05) is 37.4 Å². The fraction of sp³-hybridized carbons (Fsp3) is 0. The average Bonchev–Trinajstić information content (AvgIpc) is 2.06. The van der Waals surface area contributed by atoms with E-state index in [2.05, 4.69) is 19.2 Å². The van der Waals surface area contributed by atoms with E-state index in [0.717, 1.165) is 0 Å². The van der Waals surface area contributed by atoms with Gasteiger partial charge in [0.05, 0.1) is 0 Å². The minimum absolute atomic E-state index is 0.0320. The number of hydrogen-bond donors (Lipinski definition) is 1. The van der Waals surface area contributed by atoms with E-state index in [4.69, 9.17) is 4.74 Å². The zero-order valence-corrected chi connectivity index (χ0v) is 7.25. The zero-order chi connectivity index (χ0) is 8.97. The molecule has 0 heterocycles. The van der Waals surface area contributed by atoms with Crippen LogP contribution in [0.3, 0.4) is 0 Å². The van der Waals surface area contributed by atoms with Gasteiger partial charge in [-0.05, 0) is 12.1 Å². The predicted molar refractivity (Wildman–Crippen MR) is 50.2 cm³/mol. The molecule has 1 aromatic carbocycles. The van der Waals surface area contributed by atoms with E-state index in [1.54, 1.807) is 12.1 Å². The van der Waals surface area contributed by atoms with Crippen LogP contribution in [0, 0.1) is 0 Å². The second-order valence-corrected chi connectivity index (χ2v) is 2.55. The summed E-state index contributed by atoms with van der Waals surface area (Å²) < 4.78 is 5.06. The number of carbonyl (C=O) groups excluding carboxylic acids is 1. The number of benzene rings is 1. The molecule has 0 radical (unpaired) electrons.